The van der Waals surface area contributed by atoms with Gasteiger partial charge in [-0.2, -0.15) is 0 Å². The molecule has 0 saturated carbocycles. The predicted octanol–water partition coefficient (Wildman–Crippen LogP) is 0.876. The fourth-order valence-corrected chi connectivity index (χ4v) is 1.21. The molecule has 82 valence electrons. The highest BCUT2D eigenvalue weighted by Gasteiger charge is 2.01. The molecule has 2 rings (SSSR count). The zero-order chi connectivity index (χ0) is 11.2. The van der Waals surface area contributed by atoms with Crippen molar-refractivity contribution in [1.82, 2.24) is 15.2 Å². The molecule has 0 spiro atoms. The van der Waals surface area contributed by atoms with Crippen LogP contribution in [0.15, 0.2) is 36.5 Å². The molecule has 5 heteroatoms. The lowest BCUT2D eigenvalue weighted by Crippen LogP contribution is -2.11. The van der Waals surface area contributed by atoms with Gasteiger partial charge in [0.25, 0.3) is 0 Å². The summed E-state index contributed by atoms with van der Waals surface area (Å²) in [6.07, 6.45) is 1.72. The number of pyridine rings is 1. The smallest absolute Gasteiger partial charge is 0.233 e. The number of hydrogen-bond donors (Lipinski definition) is 1. The molecule has 0 amide bonds. The first-order valence-electron chi connectivity index (χ1n) is 4.98. The Labute approximate surface area is 93.3 Å². The van der Waals surface area contributed by atoms with Crippen molar-refractivity contribution in [3.8, 4) is 17.3 Å². The Morgan fingerprint density at radius 2 is 2.00 bits per heavy atom. The summed E-state index contributed by atoms with van der Waals surface area (Å²) in [5.74, 6) is 0.477. The minimum Gasteiger partial charge on any atom is -0.475 e. The summed E-state index contributed by atoms with van der Waals surface area (Å²) in [5.41, 5.74) is 6.83. The minimum absolute atomic E-state index is 0.442. The molecule has 16 heavy (non-hydrogen) atoms. The van der Waals surface area contributed by atoms with Crippen LogP contribution < -0.4 is 10.5 Å². The fourth-order valence-electron chi connectivity index (χ4n) is 1.21. The molecule has 5 nitrogen and oxygen atoms in total. The van der Waals surface area contributed by atoms with Crippen LogP contribution in [0.3, 0.4) is 0 Å². The number of nitrogens with two attached hydrogens (primary N) is 1. The van der Waals surface area contributed by atoms with E-state index in [0.717, 1.165) is 11.4 Å². The lowest BCUT2D eigenvalue weighted by Gasteiger charge is -2.03. The van der Waals surface area contributed by atoms with Crippen molar-refractivity contribution in [1.29, 1.82) is 0 Å². The summed E-state index contributed by atoms with van der Waals surface area (Å²) < 4.78 is 5.23. The van der Waals surface area contributed by atoms with Gasteiger partial charge in [0.1, 0.15) is 12.3 Å². The van der Waals surface area contributed by atoms with Crippen molar-refractivity contribution in [3.63, 3.8) is 0 Å². The second-order valence-electron chi connectivity index (χ2n) is 3.11. The Bertz CT molecular complexity index is 429. The van der Waals surface area contributed by atoms with Crippen LogP contribution >= 0.6 is 0 Å². The fraction of sp³-hybridized carbons (Fsp3) is 0.182. The van der Waals surface area contributed by atoms with Crippen LogP contribution in [0.4, 0.5) is 0 Å². The summed E-state index contributed by atoms with van der Waals surface area (Å²) in [6.45, 7) is 0.904. The number of hydrogen-bond acceptors (Lipinski definition) is 5. The van der Waals surface area contributed by atoms with E-state index >= 15 is 0 Å². The van der Waals surface area contributed by atoms with Gasteiger partial charge < -0.3 is 10.5 Å². The van der Waals surface area contributed by atoms with Gasteiger partial charge in [-0.25, -0.2) is 0 Å². The van der Waals surface area contributed by atoms with Crippen LogP contribution in [0.2, 0.25) is 0 Å². The topological polar surface area (TPSA) is 73.9 Å². The van der Waals surface area contributed by atoms with Crippen LogP contribution in [0.5, 0.6) is 5.88 Å². The Kier molecular flexibility index (Phi) is 3.40. The molecule has 0 fully saturated rings. The molecule has 0 bridgehead atoms. The summed E-state index contributed by atoms with van der Waals surface area (Å²) >= 11 is 0. The number of aromatic nitrogens is 3. The molecule has 0 aliphatic heterocycles. The van der Waals surface area contributed by atoms with E-state index in [1.54, 1.807) is 12.3 Å². The second-order valence-corrected chi connectivity index (χ2v) is 3.11. The summed E-state index contributed by atoms with van der Waals surface area (Å²) in [4.78, 5) is 4.18. The van der Waals surface area contributed by atoms with Crippen molar-refractivity contribution in [2.45, 2.75) is 0 Å². The third-order valence-electron chi connectivity index (χ3n) is 1.94. The SMILES string of the molecule is NCCOc1ccc(-c2ccccn2)nn1. The van der Waals surface area contributed by atoms with Gasteiger partial charge in [-0.3, -0.25) is 4.98 Å². The highest BCUT2D eigenvalue weighted by Crippen LogP contribution is 2.14. The standard InChI is InChI=1S/C11H12N4O/c12-6-8-16-11-5-4-10(14-15-11)9-3-1-2-7-13-9/h1-5,7H,6,8,12H2. The number of rotatable bonds is 4. The Morgan fingerprint density at radius 1 is 1.06 bits per heavy atom. The van der Waals surface area contributed by atoms with Crippen molar-refractivity contribution in [3.05, 3.63) is 36.5 Å². The van der Waals surface area contributed by atoms with Crippen LogP contribution in [0.1, 0.15) is 0 Å². The molecule has 2 aromatic rings. The van der Waals surface area contributed by atoms with Crippen molar-refractivity contribution < 1.29 is 4.74 Å². The van der Waals surface area contributed by atoms with E-state index in [4.69, 9.17) is 10.5 Å². The normalized spacial score (nSPS) is 10.1. The van der Waals surface area contributed by atoms with Crippen LogP contribution in [0.25, 0.3) is 11.4 Å². The van der Waals surface area contributed by atoms with Gasteiger partial charge in [0, 0.05) is 18.8 Å². The van der Waals surface area contributed by atoms with Gasteiger partial charge in [0.05, 0.1) is 5.69 Å². The van der Waals surface area contributed by atoms with Gasteiger partial charge in [-0.1, -0.05) is 6.07 Å². The van der Waals surface area contributed by atoms with Crippen molar-refractivity contribution >= 4 is 0 Å². The first kappa shape index (κ1) is 10.5. The Morgan fingerprint density at radius 3 is 2.62 bits per heavy atom. The van der Waals surface area contributed by atoms with E-state index < -0.39 is 0 Å². The van der Waals surface area contributed by atoms with E-state index in [0.29, 0.717) is 19.0 Å². The molecule has 0 radical (unpaired) electrons. The van der Waals surface area contributed by atoms with Crippen LogP contribution in [-0.2, 0) is 0 Å². The molecule has 2 aromatic heterocycles. The van der Waals surface area contributed by atoms with Gasteiger partial charge in [-0.05, 0) is 18.2 Å². The number of nitrogens with zero attached hydrogens (tertiary/aromatic N) is 3. The molecule has 2 N–H and O–H groups in total. The van der Waals surface area contributed by atoms with E-state index in [2.05, 4.69) is 15.2 Å². The molecule has 0 atom stereocenters. The van der Waals surface area contributed by atoms with Crippen molar-refractivity contribution in [2.75, 3.05) is 13.2 Å². The zero-order valence-electron chi connectivity index (χ0n) is 8.71. The van der Waals surface area contributed by atoms with Crippen molar-refractivity contribution in [2.24, 2.45) is 5.73 Å². The van der Waals surface area contributed by atoms with Gasteiger partial charge in [0.15, 0.2) is 0 Å². The summed E-state index contributed by atoms with van der Waals surface area (Å²) in [7, 11) is 0. The quantitative estimate of drug-likeness (QED) is 0.821. The van der Waals surface area contributed by atoms with E-state index in [-0.39, 0.29) is 0 Å². The average Bonchev–Trinajstić information content (AvgIpc) is 2.38. The summed E-state index contributed by atoms with van der Waals surface area (Å²) in [5, 5.41) is 7.95. The zero-order valence-corrected chi connectivity index (χ0v) is 8.71. The molecular formula is C11H12N4O. The number of ether oxygens (including phenoxy) is 1. The molecular weight excluding hydrogens is 204 g/mol. The lowest BCUT2D eigenvalue weighted by molar-refractivity contribution is 0.312. The maximum absolute atomic E-state index is 5.31. The maximum atomic E-state index is 5.31. The van der Waals surface area contributed by atoms with E-state index in [9.17, 15) is 0 Å². The third kappa shape index (κ3) is 2.52. The highest BCUT2D eigenvalue weighted by atomic mass is 16.5. The van der Waals surface area contributed by atoms with Gasteiger partial charge in [-0.15, -0.1) is 10.2 Å². The predicted molar refractivity (Wildman–Crippen MR) is 59.8 cm³/mol. The van der Waals surface area contributed by atoms with E-state index in [1.165, 1.54) is 0 Å². The first-order chi connectivity index (χ1) is 7.90. The largest absolute Gasteiger partial charge is 0.475 e. The lowest BCUT2D eigenvalue weighted by atomic mass is 10.2. The highest BCUT2D eigenvalue weighted by molar-refractivity contribution is 5.52. The second kappa shape index (κ2) is 5.18. The average molecular weight is 216 g/mol. The molecule has 0 saturated heterocycles. The third-order valence-corrected chi connectivity index (χ3v) is 1.94. The molecule has 0 unspecified atom stereocenters. The molecule has 2 heterocycles. The van der Waals surface area contributed by atoms with Crippen LogP contribution in [0, 0.1) is 0 Å². The molecule has 0 aliphatic carbocycles. The van der Waals surface area contributed by atoms with E-state index in [1.807, 2.05) is 24.3 Å². The minimum atomic E-state index is 0.442. The monoisotopic (exact) mass is 216 g/mol. The van der Waals surface area contributed by atoms with Crippen LogP contribution in [-0.4, -0.2) is 28.3 Å². The Hall–Kier alpha value is -2.01. The van der Waals surface area contributed by atoms with Gasteiger partial charge in [0.2, 0.25) is 5.88 Å². The first-order valence-corrected chi connectivity index (χ1v) is 4.98. The molecule has 0 aliphatic rings. The van der Waals surface area contributed by atoms with Gasteiger partial charge >= 0.3 is 0 Å². The summed E-state index contributed by atoms with van der Waals surface area (Å²) in [6, 6.07) is 9.22. The molecule has 0 aromatic carbocycles. The maximum Gasteiger partial charge on any atom is 0.233 e. The Balaban J connectivity index is 2.13.